The predicted octanol–water partition coefficient (Wildman–Crippen LogP) is 0.376. The molecule has 0 saturated carbocycles. The molecule has 0 spiro atoms. The number of rotatable bonds is 2. The van der Waals surface area contributed by atoms with E-state index in [1.165, 1.54) is 4.68 Å². The Morgan fingerprint density at radius 2 is 2.25 bits per heavy atom. The van der Waals surface area contributed by atoms with Gasteiger partial charge < -0.3 is 5.73 Å². The first-order valence-electron chi connectivity index (χ1n) is 4.48. The average Bonchev–Trinajstić information content (AvgIpc) is 2.28. The fourth-order valence-electron chi connectivity index (χ4n) is 1.24. The van der Waals surface area contributed by atoms with E-state index in [1.807, 2.05) is 0 Å². The molecule has 0 aliphatic rings. The molecule has 2 rings (SSSR count). The number of amidine groups is 1. The highest BCUT2D eigenvalue weighted by Gasteiger charge is 2.04. The van der Waals surface area contributed by atoms with Gasteiger partial charge in [-0.2, -0.15) is 4.68 Å². The molecule has 2 aromatic rings. The number of nitrogens with zero attached hydrogens (tertiary/aromatic N) is 3. The van der Waals surface area contributed by atoms with Crippen LogP contribution in [0.4, 0.5) is 0 Å². The van der Waals surface area contributed by atoms with Crippen LogP contribution in [-0.4, -0.2) is 20.2 Å². The second-order valence-electron chi connectivity index (χ2n) is 3.05. The average molecular weight is 235 g/mol. The summed E-state index contributed by atoms with van der Waals surface area (Å²) >= 11 is 1.03. The second kappa shape index (κ2) is 4.31. The van der Waals surface area contributed by atoms with Crippen molar-refractivity contribution in [1.82, 2.24) is 15.0 Å². The molecule has 1 aromatic carbocycles. The molecule has 0 saturated heterocycles. The first-order chi connectivity index (χ1) is 7.68. The van der Waals surface area contributed by atoms with Crippen molar-refractivity contribution in [2.45, 2.75) is 5.88 Å². The lowest BCUT2D eigenvalue weighted by Gasteiger charge is -2.02. The van der Waals surface area contributed by atoms with Crippen LogP contribution in [0.5, 0.6) is 0 Å². The molecule has 82 valence electrons. The topological polar surface area (TPSA) is 97.7 Å². The van der Waals surface area contributed by atoms with Gasteiger partial charge in [0.25, 0.3) is 5.56 Å². The maximum atomic E-state index is 11.9. The molecule has 0 unspecified atom stereocenters. The number of benzene rings is 1. The number of fused-ring (bicyclic) bond motifs is 1. The minimum absolute atomic E-state index is 0.0538. The summed E-state index contributed by atoms with van der Waals surface area (Å²) in [5, 5.41) is 15.2. The molecule has 1 aromatic heterocycles. The third-order valence-electron chi connectivity index (χ3n) is 1.97. The molecule has 0 radical (unpaired) electrons. The number of aromatic nitrogens is 3. The monoisotopic (exact) mass is 235 g/mol. The second-order valence-corrected chi connectivity index (χ2v) is 4.04. The molecule has 1 heterocycles. The van der Waals surface area contributed by atoms with E-state index in [0.717, 1.165) is 11.8 Å². The van der Waals surface area contributed by atoms with Crippen molar-refractivity contribution in [1.29, 1.82) is 5.41 Å². The van der Waals surface area contributed by atoms with Crippen molar-refractivity contribution in [3.05, 3.63) is 34.6 Å². The number of hydrogen-bond donors (Lipinski definition) is 2. The Bertz CT molecular complexity index is 594. The van der Waals surface area contributed by atoms with Crippen molar-refractivity contribution >= 4 is 27.8 Å². The van der Waals surface area contributed by atoms with Gasteiger partial charge in [0.2, 0.25) is 0 Å². The summed E-state index contributed by atoms with van der Waals surface area (Å²) in [7, 11) is 0. The van der Waals surface area contributed by atoms with Gasteiger partial charge in [-0.15, -0.1) is 5.10 Å². The van der Waals surface area contributed by atoms with Gasteiger partial charge in [-0.1, -0.05) is 29.1 Å². The van der Waals surface area contributed by atoms with E-state index in [9.17, 15) is 4.79 Å². The summed E-state index contributed by atoms with van der Waals surface area (Å²) in [5.74, 6) is 0.200. The molecule has 0 bridgehead atoms. The third kappa shape index (κ3) is 2.03. The number of thioether (sulfide) groups is 1. The first-order valence-corrected chi connectivity index (χ1v) is 5.46. The first kappa shape index (κ1) is 10.6. The van der Waals surface area contributed by atoms with E-state index in [1.54, 1.807) is 24.3 Å². The Kier molecular flexibility index (Phi) is 2.86. The zero-order chi connectivity index (χ0) is 11.5. The van der Waals surface area contributed by atoms with Crippen LogP contribution in [0, 0.1) is 5.41 Å². The number of hydrogen-bond acceptors (Lipinski definition) is 5. The van der Waals surface area contributed by atoms with Crippen LogP contribution in [0.25, 0.3) is 10.9 Å². The molecule has 6 nitrogen and oxygen atoms in total. The lowest BCUT2D eigenvalue weighted by atomic mass is 10.2. The highest BCUT2D eigenvalue weighted by Crippen LogP contribution is 2.05. The van der Waals surface area contributed by atoms with E-state index >= 15 is 0 Å². The van der Waals surface area contributed by atoms with Gasteiger partial charge in [0.15, 0.2) is 5.17 Å². The fraction of sp³-hybridized carbons (Fsp3) is 0.111. The van der Waals surface area contributed by atoms with Gasteiger partial charge in [-0.05, 0) is 12.1 Å². The molecule has 0 fully saturated rings. The zero-order valence-electron chi connectivity index (χ0n) is 8.25. The molecular weight excluding hydrogens is 226 g/mol. The number of nitrogens with one attached hydrogen (secondary N) is 1. The molecule has 3 N–H and O–H groups in total. The molecule has 7 heteroatoms. The van der Waals surface area contributed by atoms with E-state index in [4.69, 9.17) is 11.1 Å². The van der Waals surface area contributed by atoms with Gasteiger partial charge in [-0.25, -0.2) is 0 Å². The van der Waals surface area contributed by atoms with Crippen molar-refractivity contribution in [2.24, 2.45) is 5.73 Å². The zero-order valence-corrected chi connectivity index (χ0v) is 9.07. The third-order valence-corrected chi connectivity index (χ3v) is 2.66. The summed E-state index contributed by atoms with van der Waals surface area (Å²) in [6, 6.07) is 6.99. The van der Waals surface area contributed by atoms with Crippen molar-refractivity contribution in [3.8, 4) is 0 Å². The number of nitrogens with two attached hydrogens (primary N) is 1. The highest BCUT2D eigenvalue weighted by molar-refractivity contribution is 8.12. The Morgan fingerprint density at radius 1 is 1.50 bits per heavy atom. The Morgan fingerprint density at radius 3 is 3.00 bits per heavy atom. The van der Waals surface area contributed by atoms with Crippen LogP contribution in [0.1, 0.15) is 0 Å². The smallest absolute Gasteiger partial charge is 0.278 e. The molecule has 0 amide bonds. The standard InChI is InChI=1S/C9H9N5OS/c10-9(11)16-5-14-8(15)6-3-1-2-4-7(6)12-13-14/h1-4H,5H2,(H3,10,11). The highest BCUT2D eigenvalue weighted by atomic mass is 32.2. The van der Waals surface area contributed by atoms with Gasteiger partial charge in [0.05, 0.1) is 11.3 Å². The summed E-state index contributed by atoms with van der Waals surface area (Å²) in [4.78, 5) is 11.9. The quantitative estimate of drug-likeness (QED) is 0.579. The molecule has 0 aliphatic heterocycles. The van der Waals surface area contributed by atoms with Gasteiger partial charge in [-0.3, -0.25) is 10.2 Å². The van der Waals surface area contributed by atoms with Crippen LogP contribution in [0.3, 0.4) is 0 Å². The van der Waals surface area contributed by atoms with Crippen LogP contribution in [0.2, 0.25) is 0 Å². The van der Waals surface area contributed by atoms with E-state index in [2.05, 4.69) is 10.3 Å². The van der Waals surface area contributed by atoms with Gasteiger partial charge >= 0.3 is 0 Å². The largest absolute Gasteiger partial charge is 0.379 e. The van der Waals surface area contributed by atoms with Gasteiger partial charge in [0, 0.05) is 0 Å². The van der Waals surface area contributed by atoms with Crippen LogP contribution >= 0.6 is 11.8 Å². The van der Waals surface area contributed by atoms with Crippen LogP contribution in [-0.2, 0) is 5.88 Å². The molecular formula is C9H9N5OS. The molecule has 0 atom stereocenters. The van der Waals surface area contributed by atoms with Gasteiger partial charge in [0.1, 0.15) is 5.52 Å². The normalized spacial score (nSPS) is 10.5. The van der Waals surface area contributed by atoms with Crippen LogP contribution in [0.15, 0.2) is 29.1 Å². The lowest BCUT2D eigenvalue weighted by molar-refractivity contribution is 0.646. The van der Waals surface area contributed by atoms with Crippen molar-refractivity contribution in [3.63, 3.8) is 0 Å². The molecule has 16 heavy (non-hydrogen) atoms. The summed E-state index contributed by atoms with van der Waals surface area (Å²) < 4.78 is 1.19. The van der Waals surface area contributed by atoms with Crippen molar-refractivity contribution < 1.29 is 0 Å². The predicted molar refractivity (Wildman–Crippen MR) is 63.3 cm³/mol. The minimum Gasteiger partial charge on any atom is -0.379 e. The van der Waals surface area contributed by atoms with Crippen LogP contribution < -0.4 is 11.3 Å². The van der Waals surface area contributed by atoms with E-state index < -0.39 is 0 Å². The minimum atomic E-state index is -0.223. The Hall–Kier alpha value is -1.89. The molecule has 0 aliphatic carbocycles. The summed E-state index contributed by atoms with van der Waals surface area (Å²) in [6.45, 7) is 0. The SMILES string of the molecule is N=C(N)SCn1nnc2ccccc2c1=O. The Labute approximate surface area is 95.0 Å². The van der Waals surface area contributed by atoms with E-state index in [0.29, 0.717) is 10.9 Å². The summed E-state index contributed by atoms with van der Waals surface area (Å²) in [6.07, 6.45) is 0. The maximum Gasteiger partial charge on any atom is 0.278 e. The Balaban J connectivity index is 2.45. The van der Waals surface area contributed by atoms with Crippen molar-refractivity contribution in [2.75, 3.05) is 0 Å². The maximum absolute atomic E-state index is 11.9. The lowest BCUT2D eigenvalue weighted by Crippen LogP contribution is -2.24. The van der Waals surface area contributed by atoms with E-state index in [-0.39, 0.29) is 16.6 Å². The summed E-state index contributed by atoms with van der Waals surface area (Å²) in [5.41, 5.74) is 5.53. The fourth-order valence-corrected chi connectivity index (χ4v) is 1.67.